The zero-order valence-corrected chi connectivity index (χ0v) is 22.6. The summed E-state index contributed by atoms with van der Waals surface area (Å²) in [7, 11) is 0. The van der Waals surface area contributed by atoms with E-state index in [2.05, 4.69) is 50.9 Å². The minimum absolute atomic E-state index is 0.264. The predicted molar refractivity (Wildman–Crippen MR) is 156 cm³/mol. The molecule has 2 heterocycles. The number of aryl methyl sites for hydroxylation is 2. The maximum Gasteiger partial charge on any atom is 0.271 e. The van der Waals surface area contributed by atoms with E-state index < -0.39 is 0 Å². The molecule has 0 fully saturated rings. The Labute approximate surface area is 228 Å². The smallest absolute Gasteiger partial charge is 0.271 e. The number of nitrogens with one attached hydrogen (secondary N) is 1. The third-order valence-electron chi connectivity index (χ3n) is 6.85. The molecule has 38 heavy (non-hydrogen) atoms. The summed E-state index contributed by atoms with van der Waals surface area (Å²) in [5, 5.41) is 4.97. The van der Waals surface area contributed by atoms with Gasteiger partial charge in [0.05, 0.1) is 11.9 Å². The quantitative estimate of drug-likeness (QED) is 0.182. The van der Waals surface area contributed by atoms with Crippen molar-refractivity contribution in [2.24, 2.45) is 5.10 Å². The van der Waals surface area contributed by atoms with Crippen molar-refractivity contribution in [2.75, 3.05) is 0 Å². The van der Waals surface area contributed by atoms with Gasteiger partial charge in [0.1, 0.15) is 0 Å². The Morgan fingerprint density at radius 1 is 0.816 bits per heavy atom. The summed E-state index contributed by atoms with van der Waals surface area (Å²) in [6.07, 6.45) is 1.68. The standard InChI is InChI=1S/C32H29ClN4O/c1-21-13-18-31(25-9-6-5-7-10-25)37(21)28-16-14-26(15-17-28)32(38)35-34-20-27-19-22(2)36(24(27)4)30-12-8-11-29(33)23(30)3/h5-20H,1-4H3,(H,35,38)/b34-20+. The van der Waals surface area contributed by atoms with Crippen molar-refractivity contribution in [3.05, 3.63) is 130 Å². The summed E-state index contributed by atoms with van der Waals surface area (Å²) in [6.45, 7) is 8.16. The van der Waals surface area contributed by atoms with Gasteiger partial charge in [-0.2, -0.15) is 5.10 Å². The highest BCUT2D eigenvalue weighted by Gasteiger charge is 2.13. The lowest BCUT2D eigenvalue weighted by Gasteiger charge is -2.13. The molecule has 0 spiro atoms. The van der Waals surface area contributed by atoms with E-state index in [1.165, 1.54) is 0 Å². The Hall–Kier alpha value is -4.35. The molecule has 0 bridgehead atoms. The van der Waals surface area contributed by atoms with Crippen LogP contribution < -0.4 is 5.43 Å². The van der Waals surface area contributed by atoms with Crippen LogP contribution in [0.4, 0.5) is 0 Å². The lowest BCUT2D eigenvalue weighted by molar-refractivity contribution is 0.0955. The maximum absolute atomic E-state index is 12.8. The number of carbonyl (C=O) groups excluding carboxylic acids is 1. The number of carbonyl (C=O) groups is 1. The Balaban J connectivity index is 1.32. The highest BCUT2D eigenvalue weighted by atomic mass is 35.5. The van der Waals surface area contributed by atoms with Crippen LogP contribution in [0.2, 0.25) is 5.02 Å². The molecule has 190 valence electrons. The van der Waals surface area contributed by atoms with Crippen LogP contribution in [0.5, 0.6) is 0 Å². The van der Waals surface area contributed by atoms with Crippen LogP contribution in [0.25, 0.3) is 22.6 Å². The summed E-state index contributed by atoms with van der Waals surface area (Å²) < 4.78 is 4.34. The van der Waals surface area contributed by atoms with Crippen LogP contribution in [0, 0.1) is 27.7 Å². The monoisotopic (exact) mass is 520 g/mol. The number of hydrazone groups is 1. The van der Waals surface area contributed by atoms with E-state index in [4.69, 9.17) is 11.6 Å². The fourth-order valence-electron chi connectivity index (χ4n) is 4.83. The highest BCUT2D eigenvalue weighted by Crippen LogP contribution is 2.28. The molecule has 1 amide bonds. The van der Waals surface area contributed by atoms with Gasteiger partial charge in [0.2, 0.25) is 0 Å². The molecule has 0 atom stereocenters. The van der Waals surface area contributed by atoms with E-state index in [0.29, 0.717) is 5.56 Å². The van der Waals surface area contributed by atoms with Crippen molar-refractivity contribution in [2.45, 2.75) is 27.7 Å². The Morgan fingerprint density at radius 3 is 2.29 bits per heavy atom. The van der Waals surface area contributed by atoms with Crippen molar-refractivity contribution >= 4 is 23.7 Å². The molecule has 0 radical (unpaired) electrons. The second-order valence-electron chi connectivity index (χ2n) is 9.35. The molecule has 5 nitrogen and oxygen atoms in total. The zero-order chi connectivity index (χ0) is 26.8. The molecule has 2 aromatic heterocycles. The molecule has 6 heteroatoms. The average Bonchev–Trinajstić information content (AvgIpc) is 3.44. The summed E-state index contributed by atoms with van der Waals surface area (Å²) >= 11 is 6.35. The Bertz CT molecular complexity index is 1640. The maximum atomic E-state index is 12.8. The van der Waals surface area contributed by atoms with Gasteiger partial charge in [0.15, 0.2) is 0 Å². The molecular weight excluding hydrogens is 492 g/mol. The van der Waals surface area contributed by atoms with Crippen LogP contribution in [-0.2, 0) is 0 Å². The van der Waals surface area contributed by atoms with E-state index in [9.17, 15) is 4.79 Å². The minimum Gasteiger partial charge on any atom is -0.318 e. The topological polar surface area (TPSA) is 51.3 Å². The lowest BCUT2D eigenvalue weighted by atomic mass is 10.1. The van der Waals surface area contributed by atoms with Gasteiger partial charge >= 0.3 is 0 Å². The van der Waals surface area contributed by atoms with Crippen molar-refractivity contribution < 1.29 is 4.79 Å². The van der Waals surface area contributed by atoms with Crippen LogP contribution >= 0.6 is 11.6 Å². The van der Waals surface area contributed by atoms with Crippen molar-refractivity contribution in [1.82, 2.24) is 14.6 Å². The van der Waals surface area contributed by atoms with Gasteiger partial charge in [-0.05, 0) is 93.4 Å². The first kappa shape index (κ1) is 25.3. The first-order valence-corrected chi connectivity index (χ1v) is 12.8. The molecule has 0 saturated heterocycles. The molecule has 1 N–H and O–H groups in total. The highest BCUT2D eigenvalue weighted by molar-refractivity contribution is 6.31. The van der Waals surface area contributed by atoms with Crippen molar-refractivity contribution in [3.8, 4) is 22.6 Å². The van der Waals surface area contributed by atoms with E-state index in [1.54, 1.807) is 6.21 Å². The van der Waals surface area contributed by atoms with Crippen LogP contribution in [0.1, 0.15) is 38.6 Å². The number of benzene rings is 3. The SMILES string of the molecule is Cc1c(Cl)cccc1-n1c(C)cc(/C=N/NC(=O)c2ccc(-n3c(C)ccc3-c3ccccc3)cc2)c1C. The molecule has 0 aliphatic carbocycles. The van der Waals surface area contributed by atoms with E-state index in [0.717, 1.165) is 55.9 Å². The van der Waals surface area contributed by atoms with Gasteiger partial charge in [0.25, 0.3) is 5.91 Å². The summed E-state index contributed by atoms with van der Waals surface area (Å²) in [4.78, 5) is 12.8. The number of aromatic nitrogens is 2. The Kier molecular flexibility index (Phi) is 7.03. The van der Waals surface area contributed by atoms with Crippen LogP contribution in [0.15, 0.2) is 96.1 Å². The van der Waals surface area contributed by atoms with E-state index in [-0.39, 0.29) is 5.91 Å². The van der Waals surface area contributed by atoms with E-state index >= 15 is 0 Å². The number of rotatable bonds is 6. The molecule has 0 aliphatic heterocycles. The van der Waals surface area contributed by atoms with Gasteiger partial charge < -0.3 is 9.13 Å². The minimum atomic E-state index is -0.264. The molecular formula is C32H29ClN4O. The normalized spacial score (nSPS) is 11.3. The number of hydrogen-bond acceptors (Lipinski definition) is 2. The third kappa shape index (κ3) is 4.81. The second-order valence-corrected chi connectivity index (χ2v) is 9.76. The summed E-state index contributed by atoms with van der Waals surface area (Å²) in [5.74, 6) is -0.264. The summed E-state index contributed by atoms with van der Waals surface area (Å²) in [5.41, 5.74) is 12.6. The third-order valence-corrected chi connectivity index (χ3v) is 7.26. The molecule has 0 unspecified atom stereocenters. The number of hydrogen-bond donors (Lipinski definition) is 1. The van der Waals surface area contributed by atoms with Gasteiger partial charge in [0, 0.05) is 44.6 Å². The van der Waals surface area contributed by atoms with Gasteiger partial charge in [-0.3, -0.25) is 4.79 Å². The molecule has 5 aromatic rings. The number of amides is 1. The van der Waals surface area contributed by atoms with E-state index in [1.807, 2.05) is 87.5 Å². The predicted octanol–water partition coefficient (Wildman–Crippen LogP) is 7.59. The largest absolute Gasteiger partial charge is 0.318 e. The van der Waals surface area contributed by atoms with Gasteiger partial charge in [-0.15, -0.1) is 0 Å². The lowest BCUT2D eigenvalue weighted by Crippen LogP contribution is -2.17. The Morgan fingerprint density at radius 2 is 1.55 bits per heavy atom. The zero-order valence-electron chi connectivity index (χ0n) is 21.9. The first-order valence-electron chi connectivity index (χ1n) is 12.5. The fraction of sp³-hybridized carbons (Fsp3) is 0.125. The second kappa shape index (κ2) is 10.6. The molecule has 0 saturated carbocycles. The van der Waals surface area contributed by atoms with Crippen molar-refractivity contribution in [1.29, 1.82) is 0 Å². The van der Waals surface area contributed by atoms with Gasteiger partial charge in [-0.1, -0.05) is 48.0 Å². The summed E-state index contributed by atoms with van der Waals surface area (Å²) in [6, 6.07) is 30.0. The molecule has 0 aliphatic rings. The molecule has 3 aromatic carbocycles. The van der Waals surface area contributed by atoms with Crippen molar-refractivity contribution in [3.63, 3.8) is 0 Å². The van der Waals surface area contributed by atoms with Gasteiger partial charge in [-0.25, -0.2) is 5.43 Å². The number of halogens is 1. The fourth-order valence-corrected chi connectivity index (χ4v) is 5.00. The molecule has 5 rings (SSSR count). The number of nitrogens with zero attached hydrogens (tertiary/aromatic N) is 3. The van der Waals surface area contributed by atoms with Crippen LogP contribution in [0.3, 0.4) is 0 Å². The first-order chi connectivity index (χ1) is 18.3. The van der Waals surface area contributed by atoms with Crippen LogP contribution in [-0.4, -0.2) is 21.3 Å². The average molecular weight is 521 g/mol.